The number of likely N-dealkylation sites (N-methyl/N-ethyl adjacent to an activating group) is 1. The van der Waals surface area contributed by atoms with Gasteiger partial charge in [-0.15, -0.1) is 0 Å². The molecule has 0 unspecified atom stereocenters. The van der Waals surface area contributed by atoms with Crippen LogP contribution in [0.25, 0.3) is 10.9 Å². The van der Waals surface area contributed by atoms with Crippen LogP contribution in [0.3, 0.4) is 0 Å². The second-order valence-electron chi connectivity index (χ2n) is 9.63. The number of hydrogen-bond acceptors (Lipinski definition) is 8. The molecule has 10 heteroatoms. The highest BCUT2D eigenvalue weighted by atomic mass is 19.1. The molecule has 0 aliphatic heterocycles. The zero-order valence-corrected chi connectivity index (χ0v) is 22.4. The largest absolute Gasteiger partial charge is 0.493 e. The van der Waals surface area contributed by atoms with E-state index in [1.807, 2.05) is 37.1 Å². The van der Waals surface area contributed by atoms with Crippen LogP contribution in [0.1, 0.15) is 35.5 Å². The maximum atomic E-state index is 14.9. The van der Waals surface area contributed by atoms with Crippen molar-refractivity contribution >= 4 is 39.7 Å². The van der Waals surface area contributed by atoms with E-state index in [4.69, 9.17) is 5.73 Å². The van der Waals surface area contributed by atoms with E-state index in [0.717, 1.165) is 16.6 Å². The molecule has 1 amide bonds. The number of nitrogen functional groups attached to an aromatic ring is 1. The summed E-state index contributed by atoms with van der Waals surface area (Å²) in [5.41, 5.74) is 10.1. The molecule has 0 radical (unpaired) electrons. The van der Waals surface area contributed by atoms with Gasteiger partial charge in [0.15, 0.2) is 0 Å². The van der Waals surface area contributed by atoms with E-state index < -0.39 is 6.04 Å². The van der Waals surface area contributed by atoms with Crippen molar-refractivity contribution in [1.29, 1.82) is 0 Å². The molecule has 4 N–H and O–H groups in total. The lowest BCUT2D eigenvalue weighted by Gasteiger charge is -2.22. The summed E-state index contributed by atoms with van der Waals surface area (Å²) in [6.07, 6.45) is 1.57. The first kappa shape index (κ1) is 26.6. The summed E-state index contributed by atoms with van der Waals surface area (Å²) in [6.45, 7) is 5.35. The first-order chi connectivity index (χ1) is 17.9. The van der Waals surface area contributed by atoms with E-state index in [1.165, 1.54) is 4.90 Å². The Bertz CT molecular complexity index is 1520. The number of pyridine rings is 1. The minimum Gasteiger partial charge on any atom is -0.493 e. The van der Waals surface area contributed by atoms with Crippen LogP contribution >= 0.6 is 0 Å². The van der Waals surface area contributed by atoms with Crippen molar-refractivity contribution in [3.05, 3.63) is 70.9 Å². The zero-order chi connectivity index (χ0) is 27.7. The molecule has 2 aromatic carbocycles. The number of hydrogen-bond donors (Lipinski definition) is 3. The molecular formula is C28H32FN7O2. The highest BCUT2D eigenvalue weighted by Crippen LogP contribution is 2.33. The fraction of sp³-hybridized carbons (Fsp3) is 0.286. The second-order valence-corrected chi connectivity index (χ2v) is 9.63. The van der Waals surface area contributed by atoms with Gasteiger partial charge < -0.3 is 26.0 Å². The predicted octanol–water partition coefficient (Wildman–Crippen LogP) is 4.64. The van der Waals surface area contributed by atoms with E-state index in [0.29, 0.717) is 39.7 Å². The Balaban J connectivity index is 1.70. The summed E-state index contributed by atoms with van der Waals surface area (Å²) >= 11 is 0. The van der Waals surface area contributed by atoms with Crippen molar-refractivity contribution in [1.82, 2.24) is 19.9 Å². The molecule has 4 rings (SSSR count). The molecular weight excluding hydrogens is 485 g/mol. The quantitative estimate of drug-likeness (QED) is 0.303. The third kappa shape index (κ3) is 5.44. The first-order valence-corrected chi connectivity index (χ1v) is 12.2. The third-order valence-corrected chi connectivity index (χ3v) is 6.46. The van der Waals surface area contributed by atoms with Crippen molar-refractivity contribution in [3.8, 4) is 5.88 Å². The summed E-state index contributed by atoms with van der Waals surface area (Å²) in [6, 6.07) is 10.3. The maximum Gasteiger partial charge on any atom is 0.226 e. The lowest BCUT2D eigenvalue weighted by atomic mass is 10.0. The van der Waals surface area contributed by atoms with Crippen LogP contribution < -0.4 is 16.0 Å². The average Bonchev–Trinajstić information content (AvgIpc) is 2.86. The molecule has 0 spiro atoms. The topological polar surface area (TPSA) is 120 Å². The fourth-order valence-corrected chi connectivity index (χ4v) is 4.25. The number of halogens is 1. The molecule has 198 valence electrons. The number of fused-ring (bicyclic) bond motifs is 1. The van der Waals surface area contributed by atoms with E-state index in [9.17, 15) is 14.3 Å². The minimum absolute atomic E-state index is 0.0321. The van der Waals surface area contributed by atoms with Gasteiger partial charge in [0, 0.05) is 49.0 Å². The van der Waals surface area contributed by atoms with Gasteiger partial charge >= 0.3 is 0 Å². The van der Waals surface area contributed by atoms with Crippen molar-refractivity contribution in [2.75, 3.05) is 37.1 Å². The van der Waals surface area contributed by atoms with Gasteiger partial charge in [-0.2, -0.15) is 0 Å². The van der Waals surface area contributed by atoms with Crippen molar-refractivity contribution in [3.63, 3.8) is 0 Å². The van der Waals surface area contributed by atoms with Crippen LogP contribution in [0.4, 0.5) is 27.3 Å². The standard InChI is InChI=1S/C28H32FN7O2/c1-15-9-19(30)12-22(26(15)29)16(2)32-27-23-13-20(7-8-24(23)33-17(3)34-27)36(6)21-10-18(28(38)31-14-21)11-25(37)35(4)5/h7-10,12-14,16H,11,30H2,1-6H3,(H,31,38)(H,32,33,34)/t16-/m1/s1. The van der Waals surface area contributed by atoms with Gasteiger partial charge in [-0.3, -0.25) is 4.79 Å². The van der Waals surface area contributed by atoms with Gasteiger partial charge in [-0.1, -0.05) is 0 Å². The summed E-state index contributed by atoms with van der Waals surface area (Å²) in [7, 11) is 5.19. The minimum atomic E-state index is -0.408. The molecule has 0 bridgehead atoms. The van der Waals surface area contributed by atoms with E-state index in [-0.39, 0.29) is 24.0 Å². The zero-order valence-electron chi connectivity index (χ0n) is 22.4. The molecule has 2 heterocycles. The Hall–Kier alpha value is -4.47. The molecule has 0 saturated carbocycles. The van der Waals surface area contributed by atoms with Gasteiger partial charge in [0.1, 0.15) is 17.5 Å². The molecule has 0 aliphatic carbocycles. The Labute approximate surface area is 221 Å². The van der Waals surface area contributed by atoms with E-state index >= 15 is 0 Å². The predicted molar refractivity (Wildman–Crippen MR) is 148 cm³/mol. The number of carbonyl (C=O) groups is 1. The number of benzene rings is 2. The van der Waals surface area contributed by atoms with Gasteiger partial charge in [-0.05, 0) is 62.7 Å². The molecule has 0 saturated heterocycles. The molecule has 38 heavy (non-hydrogen) atoms. The Kier molecular flexibility index (Phi) is 7.34. The van der Waals surface area contributed by atoms with Crippen LogP contribution in [0, 0.1) is 19.7 Å². The van der Waals surface area contributed by atoms with Gasteiger partial charge in [0.2, 0.25) is 11.8 Å². The number of rotatable bonds is 7. The number of nitrogens with zero attached hydrogens (tertiary/aromatic N) is 5. The highest BCUT2D eigenvalue weighted by molar-refractivity contribution is 5.92. The first-order valence-electron chi connectivity index (χ1n) is 12.2. The number of aromatic hydroxyl groups is 1. The number of aryl methyl sites for hydroxylation is 2. The Morgan fingerprint density at radius 2 is 1.84 bits per heavy atom. The molecule has 0 aliphatic rings. The number of amides is 1. The van der Waals surface area contributed by atoms with Crippen LogP contribution in [-0.2, 0) is 11.2 Å². The molecule has 1 atom stereocenters. The van der Waals surface area contributed by atoms with E-state index in [2.05, 4.69) is 20.3 Å². The lowest BCUT2D eigenvalue weighted by molar-refractivity contribution is -0.128. The van der Waals surface area contributed by atoms with Gasteiger partial charge in [0.25, 0.3) is 0 Å². The summed E-state index contributed by atoms with van der Waals surface area (Å²) in [5, 5.41) is 14.3. The SMILES string of the molecule is Cc1nc(N[C@H](C)c2cc(N)cc(C)c2F)c2cc(N(C)c3cnc(O)c(CC(=O)N(C)C)c3)ccc2n1. The van der Waals surface area contributed by atoms with Gasteiger partial charge in [-0.25, -0.2) is 19.3 Å². The fourth-order valence-electron chi connectivity index (χ4n) is 4.25. The summed E-state index contributed by atoms with van der Waals surface area (Å²) < 4.78 is 14.9. The molecule has 2 aromatic heterocycles. The number of nitrogens with one attached hydrogen (secondary N) is 1. The summed E-state index contributed by atoms with van der Waals surface area (Å²) in [4.78, 5) is 28.8. The number of carbonyl (C=O) groups excluding carboxylic acids is 1. The van der Waals surface area contributed by atoms with Crippen LogP contribution in [0.15, 0.2) is 42.6 Å². The highest BCUT2D eigenvalue weighted by Gasteiger charge is 2.18. The second kappa shape index (κ2) is 10.5. The molecule has 4 aromatic rings. The van der Waals surface area contributed by atoms with Gasteiger partial charge in [0.05, 0.1) is 29.9 Å². The van der Waals surface area contributed by atoms with Crippen LogP contribution in [0.2, 0.25) is 0 Å². The average molecular weight is 518 g/mol. The van der Waals surface area contributed by atoms with E-state index in [1.54, 1.807) is 52.3 Å². The normalized spacial score (nSPS) is 11.9. The Morgan fingerprint density at radius 3 is 2.55 bits per heavy atom. The van der Waals surface area contributed by atoms with Crippen molar-refractivity contribution in [2.24, 2.45) is 0 Å². The summed E-state index contributed by atoms with van der Waals surface area (Å²) in [5.74, 6) is 0.519. The van der Waals surface area contributed by atoms with Crippen molar-refractivity contribution in [2.45, 2.75) is 33.2 Å². The number of aromatic nitrogens is 3. The Morgan fingerprint density at radius 1 is 1.11 bits per heavy atom. The number of nitrogens with two attached hydrogens (primary N) is 1. The van der Waals surface area contributed by atoms with Crippen LogP contribution in [-0.4, -0.2) is 52.0 Å². The van der Waals surface area contributed by atoms with Crippen molar-refractivity contribution < 1.29 is 14.3 Å². The molecule has 9 nitrogen and oxygen atoms in total. The molecule has 0 fully saturated rings. The maximum absolute atomic E-state index is 14.9. The number of anilines is 4. The third-order valence-electron chi connectivity index (χ3n) is 6.46. The van der Waals surface area contributed by atoms with Crippen LogP contribution in [0.5, 0.6) is 5.88 Å². The monoisotopic (exact) mass is 517 g/mol. The smallest absolute Gasteiger partial charge is 0.226 e. The lowest BCUT2D eigenvalue weighted by Crippen LogP contribution is -2.23.